The number of rotatable bonds is 56. The van der Waals surface area contributed by atoms with E-state index in [2.05, 4.69) is 14.8 Å². The molecule has 592 valence electrons. The second-order valence-electron chi connectivity index (χ2n) is 25.9. The molecule has 0 saturated heterocycles. The van der Waals surface area contributed by atoms with Gasteiger partial charge in [-0.3, -0.25) is 18.7 Å². The Morgan fingerprint density at radius 2 is 0.991 bits per heavy atom. The number of hydrogen-bond donors (Lipinski definition) is 3. The van der Waals surface area contributed by atoms with E-state index >= 15 is 0 Å². The largest absolute Gasteiger partial charge is 0.465 e. The van der Waals surface area contributed by atoms with Crippen LogP contribution in [0.15, 0.2) is 161 Å². The molecule has 0 aromatic heterocycles. The van der Waals surface area contributed by atoms with Gasteiger partial charge in [0.15, 0.2) is 5.71 Å². The van der Waals surface area contributed by atoms with E-state index in [9.17, 15) is 40.3 Å². The quantitative estimate of drug-likeness (QED) is 0.00816. The zero-order valence-electron chi connectivity index (χ0n) is 63.2. The zero-order chi connectivity index (χ0) is 77.5. The van der Waals surface area contributed by atoms with Gasteiger partial charge in [-0.25, -0.2) is 4.79 Å². The first-order chi connectivity index (χ1) is 52.3. The van der Waals surface area contributed by atoms with Crippen LogP contribution < -0.4 is 26.1 Å². The second-order valence-corrected chi connectivity index (χ2v) is 30.9. The minimum Gasteiger partial charge on any atom is -0.465 e. The SMILES string of the molecule is COCCOCCOCCOCCN1C(=CC=CC=CC2=[N+](CCCCCC(=O)CCCNC(=O)c3ccc(C(=O)OC)c(P(c4ccccc4)c4ccccc4)c3)c3ccc(S(=O)(=O)O)cc3C2(C)CCOCCOCCOCCOC)C(C)(CCOCCOCCOCCOC)c2cc(S(=O)(=O)O)ccc21. The molecule has 0 bridgehead atoms. The highest BCUT2D eigenvalue weighted by Gasteiger charge is 2.48. The Labute approximate surface area is 638 Å². The number of ketones is 1. The average Bonchev–Trinajstić information content (AvgIpc) is 1.58. The highest BCUT2D eigenvalue weighted by molar-refractivity contribution is 7.86. The molecular weight excluding hydrogens is 1450 g/mol. The number of allylic oxidation sites excluding steroid dienone is 6. The van der Waals surface area contributed by atoms with Gasteiger partial charge in [0.25, 0.3) is 26.1 Å². The molecule has 0 saturated carbocycles. The van der Waals surface area contributed by atoms with Crippen molar-refractivity contribution in [2.45, 2.75) is 85.8 Å². The van der Waals surface area contributed by atoms with E-state index in [1.54, 1.807) is 51.7 Å². The molecule has 0 radical (unpaired) electrons. The number of esters is 1. The fourth-order valence-electron chi connectivity index (χ4n) is 12.7. The summed E-state index contributed by atoms with van der Waals surface area (Å²) in [5.41, 5.74) is 3.44. The fraction of sp³-hybridized carbons (Fsp3) is 0.500. The number of fused-ring (bicyclic) bond motifs is 2. The van der Waals surface area contributed by atoms with Crippen LogP contribution in [0.4, 0.5) is 11.4 Å². The first kappa shape index (κ1) is 88.4. The second kappa shape index (κ2) is 47.4. The molecule has 2 unspecified atom stereocenters. The summed E-state index contributed by atoms with van der Waals surface area (Å²) in [6.07, 6.45) is 13.4. The summed E-state index contributed by atoms with van der Waals surface area (Å²) in [4.78, 5) is 42.0. The molecule has 5 aromatic carbocycles. The van der Waals surface area contributed by atoms with Crippen LogP contribution in [0.1, 0.15) is 97.1 Å². The Hall–Kier alpha value is -6.83. The number of carbonyl (C=O) groups is 3. The summed E-state index contributed by atoms with van der Waals surface area (Å²) in [5, 5.41) is 5.67. The Bertz CT molecular complexity index is 3920. The molecule has 2 aliphatic rings. The van der Waals surface area contributed by atoms with Crippen molar-refractivity contribution in [2.75, 3.05) is 192 Å². The Morgan fingerprint density at radius 1 is 0.509 bits per heavy atom. The van der Waals surface area contributed by atoms with E-state index < -0.39 is 45.0 Å². The van der Waals surface area contributed by atoms with Crippen LogP contribution in [-0.2, 0) is 97.4 Å². The van der Waals surface area contributed by atoms with Gasteiger partial charge in [-0.1, -0.05) is 78.9 Å². The van der Waals surface area contributed by atoms with Crippen LogP contribution in [-0.4, -0.2) is 241 Å². The number of nitrogens with zero attached hydrogens (tertiary/aromatic N) is 2. The Balaban J connectivity index is 1.09. The summed E-state index contributed by atoms with van der Waals surface area (Å²) in [6.45, 7) is 12.9. The molecule has 108 heavy (non-hydrogen) atoms. The summed E-state index contributed by atoms with van der Waals surface area (Å²) < 4.78 is 147. The van der Waals surface area contributed by atoms with Gasteiger partial charge >= 0.3 is 5.97 Å². The lowest BCUT2D eigenvalue weighted by molar-refractivity contribution is -0.438. The smallest absolute Gasteiger partial charge is 0.338 e. The molecule has 2 aliphatic heterocycles. The van der Waals surface area contributed by atoms with Crippen LogP contribution in [0.2, 0.25) is 0 Å². The lowest BCUT2D eigenvalue weighted by Gasteiger charge is -2.30. The van der Waals surface area contributed by atoms with E-state index in [0.717, 1.165) is 33.4 Å². The number of hydrogen-bond acceptors (Lipinski definition) is 21. The standard InChI is InChI=1S/C80H108N3O22PS2/c1-79(34-39-97-48-51-103-57-54-100-45-42-93-3)70-61-67(107(87,88)89)29-32-72(70)82(37-18-10-11-20-64(84)21-19-36-81-77(85)63-28-31-69(78(86)96-6)74(60-63)106(65-22-12-7-13-23-65)66-24-14-8-15-25-66)75(79)26-16-9-17-27-76-80(2,35-40-98-49-52-104-58-55-101-46-43-94-4)71-62-68(108(90,91)92)30-33-73(71)83(76)38-41-99-50-53-105-59-56-102-47-44-95-5/h7-9,12-17,22-33,60-62H,10-11,18-21,34-59H2,1-6H3,(H2-,81,85,87,88,89,90,91,92)/p+1. The normalized spacial score (nSPS) is 16.2. The van der Waals surface area contributed by atoms with Crippen molar-refractivity contribution in [1.29, 1.82) is 0 Å². The van der Waals surface area contributed by atoms with Gasteiger partial charge in [0.2, 0.25) is 5.69 Å². The summed E-state index contributed by atoms with van der Waals surface area (Å²) in [6, 6.07) is 34.0. The number of nitrogens with one attached hydrogen (secondary N) is 1. The monoisotopic (exact) mass is 1560 g/mol. The van der Waals surface area contributed by atoms with Crippen LogP contribution in [0, 0.1) is 0 Å². The lowest BCUT2D eigenvalue weighted by Crippen LogP contribution is -2.33. The van der Waals surface area contributed by atoms with Gasteiger partial charge in [-0.05, 0) is 125 Å². The van der Waals surface area contributed by atoms with Gasteiger partial charge < -0.3 is 71.8 Å². The van der Waals surface area contributed by atoms with E-state index in [-0.39, 0.29) is 67.5 Å². The van der Waals surface area contributed by atoms with E-state index in [4.69, 9.17) is 61.6 Å². The maximum absolute atomic E-state index is 13.8. The molecule has 5 aromatic rings. The summed E-state index contributed by atoms with van der Waals surface area (Å²) >= 11 is 0. The zero-order valence-corrected chi connectivity index (χ0v) is 65.7. The molecule has 25 nitrogen and oxygen atoms in total. The van der Waals surface area contributed by atoms with Gasteiger partial charge in [-0.2, -0.15) is 21.4 Å². The Kier molecular flexibility index (Phi) is 38.8. The van der Waals surface area contributed by atoms with E-state index in [1.165, 1.54) is 31.4 Å². The molecule has 3 N–H and O–H groups in total. The topological polar surface area (TPSA) is 298 Å². The molecule has 1 amide bonds. The van der Waals surface area contributed by atoms with E-state index in [1.807, 2.05) is 105 Å². The van der Waals surface area contributed by atoms with Gasteiger partial charge in [-0.15, -0.1) is 0 Å². The van der Waals surface area contributed by atoms with Crippen molar-refractivity contribution in [2.24, 2.45) is 0 Å². The third kappa shape index (κ3) is 27.6. The molecule has 2 heterocycles. The maximum atomic E-state index is 13.8. The predicted molar refractivity (Wildman–Crippen MR) is 414 cm³/mol. The number of amides is 1. The minimum absolute atomic E-state index is 0.0595. The summed E-state index contributed by atoms with van der Waals surface area (Å²) in [7, 11) is -4.34. The Morgan fingerprint density at radius 3 is 1.51 bits per heavy atom. The van der Waals surface area contributed by atoms with Crippen molar-refractivity contribution in [1.82, 2.24) is 5.32 Å². The highest BCUT2D eigenvalue weighted by Crippen LogP contribution is 2.51. The lowest BCUT2D eigenvalue weighted by atomic mass is 9.76. The predicted octanol–water partition coefficient (Wildman–Crippen LogP) is 9.06. The number of ether oxygens (including phenoxy) is 13. The van der Waals surface area contributed by atoms with E-state index in [0.29, 0.717) is 191 Å². The minimum atomic E-state index is -4.63. The molecular formula is C80H109N3O22PS2+. The average molecular weight is 1560 g/mol. The van der Waals surface area contributed by atoms with Crippen LogP contribution >= 0.6 is 7.92 Å². The van der Waals surface area contributed by atoms with Crippen molar-refractivity contribution in [3.8, 4) is 0 Å². The van der Waals surface area contributed by atoms with Gasteiger partial charge in [0.05, 0.1) is 153 Å². The van der Waals surface area contributed by atoms with Gasteiger partial charge in [0, 0.05) is 112 Å². The molecule has 7 rings (SSSR count). The molecule has 0 fully saturated rings. The molecule has 28 heteroatoms. The molecule has 0 aliphatic carbocycles. The number of Topliss-reactive ketones (excluding diaryl/α,β-unsaturated/α-hetero) is 1. The molecule has 0 spiro atoms. The van der Waals surface area contributed by atoms with Crippen molar-refractivity contribution in [3.63, 3.8) is 0 Å². The van der Waals surface area contributed by atoms with Crippen molar-refractivity contribution < 1.29 is 106 Å². The number of carbonyl (C=O) groups excluding carboxylic acids is 3. The van der Waals surface area contributed by atoms with Gasteiger partial charge in [0.1, 0.15) is 12.3 Å². The number of benzene rings is 5. The van der Waals surface area contributed by atoms with Crippen LogP contribution in [0.3, 0.4) is 0 Å². The van der Waals surface area contributed by atoms with Crippen molar-refractivity contribution >= 4 is 78.8 Å². The van der Waals surface area contributed by atoms with Crippen LogP contribution in [0.25, 0.3) is 0 Å². The first-order valence-corrected chi connectivity index (χ1v) is 40.8. The summed E-state index contributed by atoms with van der Waals surface area (Å²) in [5.74, 6) is -0.772. The van der Waals surface area contributed by atoms with Crippen LogP contribution in [0.5, 0.6) is 0 Å². The first-order valence-electron chi connectivity index (χ1n) is 36.6. The highest BCUT2D eigenvalue weighted by atomic mass is 32.2. The fourth-order valence-corrected chi connectivity index (χ4v) is 16.2. The van der Waals surface area contributed by atoms with Crippen molar-refractivity contribution in [3.05, 3.63) is 174 Å². The maximum Gasteiger partial charge on any atom is 0.338 e. The third-order valence-corrected chi connectivity index (χ3v) is 22.6. The number of unbranched alkanes of at least 4 members (excludes halogenated alkanes) is 2. The molecule has 2 atom stereocenters. The number of methoxy groups -OCH3 is 4. The number of anilines is 1. The third-order valence-electron chi connectivity index (χ3n) is 18.4.